The van der Waals surface area contributed by atoms with Crippen molar-refractivity contribution in [1.29, 1.82) is 0 Å². The Bertz CT molecular complexity index is 502. The van der Waals surface area contributed by atoms with E-state index >= 15 is 0 Å². The van der Waals surface area contributed by atoms with Crippen LogP contribution in [0.5, 0.6) is 0 Å². The Morgan fingerprint density at radius 1 is 1.55 bits per heavy atom. The minimum absolute atomic E-state index is 0.396. The lowest BCUT2D eigenvalue weighted by Crippen LogP contribution is -2.31. The zero-order valence-corrected chi connectivity index (χ0v) is 12.4. The largest absolute Gasteiger partial charge is 0.465 e. The van der Waals surface area contributed by atoms with Crippen molar-refractivity contribution in [2.45, 2.75) is 25.8 Å². The summed E-state index contributed by atoms with van der Waals surface area (Å²) in [4.78, 5) is 14.1. The molecule has 1 saturated heterocycles. The number of carbonyl (C=O) groups is 1. The molecule has 1 aliphatic rings. The Kier molecular flexibility index (Phi) is 4.49. The van der Waals surface area contributed by atoms with Gasteiger partial charge in [-0.1, -0.05) is 0 Å². The number of carbonyl (C=O) groups excluding carboxylic acids is 1. The van der Waals surface area contributed by atoms with Crippen molar-refractivity contribution in [2.75, 3.05) is 38.3 Å². The van der Waals surface area contributed by atoms with Gasteiger partial charge in [-0.25, -0.2) is 4.79 Å². The lowest BCUT2D eigenvalue weighted by atomic mass is 10.1. The second-order valence-electron chi connectivity index (χ2n) is 5.40. The van der Waals surface area contributed by atoms with Crippen LogP contribution in [0.1, 0.15) is 28.8 Å². The topological polar surface area (TPSA) is 67.6 Å². The van der Waals surface area contributed by atoms with Crippen molar-refractivity contribution in [3.8, 4) is 0 Å². The summed E-state index contributed by atoms with van der Waals surface area (Å²) in [6.45, 7) is 3.93. The quantitative estimate of drug-likeness (QED) is 0.649. The molecule has 5 heteroatoms. The molecular formula is C15H23N3O2. The van der Waals surface area contributed by atoms with E-state index in [4.69, 9.17) is 10.5 Å². The second kappa shape index (κ2) is 6.13. The fraction of sp³-hybridized carbons (Fsp3) is 0.533. The number of likely N-dealkylation sites (N-methyl/N-ethyl adjacent to an activating group) is 1. The van der Waals surface area contributed by atoms with E-state index in [0.717, 1.165) is 24.3 Å². The highest BCUT2D eigenvalue weighted by Gasteiger charge is 2.20. The third-order valence-electron chi connectivity index (χ3n) is 4.01. The first kappa shape index (κ1) is 14.7. The lowest BCUT2D eigenvalue weighted by molar-refractivity contribution is 0.0602. The van der Waals surface area contributed by atoms with Crippen LogP contribution >= 0.6 is 0 Å². The molecule has 1 aromatic rings. The SMILES string of the molecule is COC(=O)c1cc(NCC2CCCN2C)cc(C)c1N. The number of hydrogen-bond donors (Lipinski definition) is 2. The van der Waals surface area contributed by atoms with Crippen LogP contribution in [0.15, 0.2) is 12.1 Å². The van der Waals surface area contributed by atoms with Crippen LogP contribution in [0, 0.1) is 6.92 Å². The zero-order valence-electron chi connectivity index (χ0n) is 12.4. The molecule has 5 nitrogen and oxygen atoms in total. The molecular weight excluding hydrogens is 254 g/mol. The summed E-state index contributed by atoms with van der Waals surface area (Å²) in [6, 6.07) is 4.29. The molecule has 0 aromatic heterocycles. The van der Waals surface area contributed by atoms with E-state index in [-0.39, 0.29) is 0 Å². The van der Waals surface area contributed by atoms with E-state index < -0.39 is 5.97 Å². The van der Waals surface area contributed by atoms with E-state index in [2.05, 4.69) is 17.3 Å². The van der Waals surface area contributed by atoms with Gasteiger partial charge in [-0.05, 0) is 51.1 Å². The normalized spacial score (nSPS) is 19.1. The number of benzene rings is 1. The van der Waals surface area contributed by atoms with Gasteiger partial charge in [0.2, 0.25) is 0 Å². The van der Waals surface area contributed by atoms with Crippen molar-refractivity contribution in [1.82, 2.24) is 4.90 Å². The number of methoxy groups -OCH3 is 1. The van der Waals surface area contributed by atoms with E-state index in [1.165, 1.54) is 20.0 Å². The van der Waals surface area contributed by atoms with E-state index in [1.54, 1.807) is 6.07 Å². The number of ether oxygens (including phenoxy) is 1. The Morgan fingerprint density at radius 2 is 2.30 bits per heavy atom. The van der Waals surface area contributed by atoms with Gasteiger partial charge >= 0.3 is 5.97 Å². The number of likely N-dealkylation sites (tertiary alicyclic amines) is 1. The van der Waals surface area contributed by atoms with Crippen LogP contribution in [0.3, 0.4) is 0 Å². The Balaban J connectivity index is 2.12. The number of nitrogens with one attached hydrogen (secondary N) is 1. The van der Waals surface area contributed by atoms with Gasteiger partial charge in [-0.3, -0.25) is 0 Å². The van der Waals surface area contributed by atoms with Crippen LogP contribution in [-0.2, 0) is 4.74 Å². The molecule has 0 radical (unpaired) electrons. The third kappa shape index (κ3) is 3.04. The summed E-state index contributed by atoms with van der Waals surface area (Å²) < 4.78 is 4.77. The number of nitrogens with zero attached hydrogens (tertiary/aromatic N) is 1. The summed E-state index contributed by atoms with van der Waals surface area (Å²) in [6.07, 6.45) is 2.46. The van der Waals surface area contributed by atoms with Crippen molar-refractivity contribution in [3.63, 3.8) is 0 Å². The van der Waals surface area contributed by atoms with Crippen molar-refractivity contribution < 1.29 is 9.53 Å². The highest BCUT2D eigenvalue weighted by Crippen LogP contribution is 2.24. The first-order valence-corrected chi connectivity index (χ1v) is 6.95. The Labute approximate surface area is 120 Å². The standard InChI is InChI=1S/C15H23N3O2/c1-10-7-11(8-13(14(10)16)15(19)20-3)17-9-12-5-4-6-18(12)2/h7-8,12,17H,4-6,9,16H2,1-3H3. The van der Waals surface area contributed by atoms with Gasteiger partial charge in [-0.15, -0.1) is 0 Å². The van der Waals surface area contributed by atoms with Crippen LogP contribution in [0.25, 0.3) is 0 Å². The molecule has 1 aliphatic heterocycles. The lowest BCUT2D eigenvalue weighted by Gasteiger charge is -2.21. The average Bonchev–Trinajstić information content (AvgIpc) is 2.84. The minimum Gasteiger partial charge on any atom is -0.465 e. The Hall–Kier alpha value is -1.75. The fourth-order valence-electron chi connectivity index (χ4n) is 2.65. The van der Waals surface area contributed by atoms with Crippen LogP contribution < -0.4 is 11.1 Å². The molecule has 3 N–H and O–H groups in total. The maximum atomic E-state index is 11.7. The number of hydrogen-bond acceptors (Lipinski definition) is 5. The molecule has 1 atom stereocenters. The van der Waals surface area contributed by atoms with Gasteiger partial charge < -0.3 is 20.7 Å². The molecule has 1 aromatic carbocycles. The number of nitrogens with two attached hydrogens (primary N) is 1. The van der Waals surface area contributed by atoms with Crippen molar-refractivity contribution in [2.24, 2.45) is 0 Å². The molecule has 0 saturated carbocycles. The minimum atomic E-state index is -0.396. The molecule has 1 unspecified atom stereocenters. The number of aryl methyl sites for hydroxylation is 1. The summed E-state index contributed by atoms with van der Waals surface area (Å²) >= 11 is 0. The van der Waals surface area contributed by atoms with Gasteiger partial charge in [0.05, 0.1) is 12.7 Å². The molecule has 1 heterocycles. The van der Waals surface area contributed by atoms with E-state index in [9.17, 15) is 4.79 Å². The van der Waals surface area contributed by atoms with Gasteiger partial charge in [0.25, 0.3) is 0 Å². The van der Waals surface area contributed by atoms with Gasteiger partial charge in [0.1, 0.15) is 0 Å². The number of anilines is 2. The summed E-state index contributed by atoms with van der Waals surface area (Å²) in [5.74, 6) is -0.396. The third-order valence-corrected chi connectivity index (χ3v) is 4.01. The van der Waals surface area contributed by atoms with Gasteiger partial charge in [-0.2, -0.15) is 0 Å². The molecule has 0 bridgehead atoms. The van der Waals surface area contributed by atoms with Crippen molar-refractivity contribution >= 4 is 17.3 Å². The maximum Gasteiger partial charge on any atom is 0.340 e. The first-order chi connectivity index (χ1) is 9.52. The smallest absolute Gasteiger partial charge is 0.340 e. The fourth-order valence-corrected chi connectivity index (χ4v) is 2.65. The summed E-state index contributed by atoms with van der Waals surface area (Å²) in [5.41, 5.74) is 8.64. The second-order valence-corrected chi connectivity index (χ2v) is 5.40. The van der Waals surface area contributed by atoms with Crippen molar-refractivity contribution in [3.05, 3.63) is 23.3 Å². The molecule has 2 rings (SSSR count). The predicted molar refractivity (Wildman–Crippen MR) is 81.1 cm³/mol. The molecule has 1 fully saturated rings. The monoisotopic (exact) mass is 277 g/mol. The number of nitrogen functional groups attached to an aromatic ring is 1. The van der Waals surface area contributed by atoms with Crippen LogP contribution in [0.2, 0.25) is 0 Å². The Morgan fingerprint density at radius 3 is 2.90 bits per heavy atom. The molecule has 20 heavy (non-hydrogen) atoms. The van der Waals surface area contributed by atoms with Crippen LogP contribution in [0.4, 0.5) is 11.4 Å². The van der Waals surface area contributed by atoms with Gasteiger partial charge in [0, 0.05) is 24.0 Å². The van der Waals surface area contributed by atoms with Crippen LogP contribution in [-0.4, -0.2) is 44.2 Å². The maximum absolute atomic E-state index is 11.7. The summed E-state index contributed by atoms with van der Waals surface area (Å²) in [5, 5.41) is 3.40. The molecule has 110 valence electrons. The first-order valence-electron chi connectivity index (χ1n) is 6.95. The molecule has 0 aliphatic carbocycles. The predicted octanol–water partition coefficient (Wildman–Crippen LogP) is 1.87. The highest BCUT2D eigenvalue weighted by atomic mass is 16.5. The number of rotatable bonds is 4. The molecule has 0 amide bonds. The van der Waals surface area contributed by atoms with E-state index in [0.29, 0.717) is 17.3 Å². The zero-order chi connectivity index (χ0) is 14.7. The van der Waals surface area contributed by atoms with Gasteiger partial charge in [0.15, 0.2) is 0 Å². The molecule has 0 spiro atoms. The number of esters is 1. The average molecular weight is 277 g/mol. The van der Waals surface area contributed by atoms with E-state index in [1.807, 2.05) is 13.0 Å². The summed E-state index contributed by atoms with van der Waals surface area (Å²) in [7, 11) is 3.51. The highest BCUT2D eigenvalue weighted by molar-refractivity contribution is 5.97.